The predicted molar refractivity (Wildman–Crippen MR) is 97.1 cm³/mol. The van der Waals surface area contributed by atoms with E-state index in [0.29, 0.717) is 6.54 Å². The van der Waals surface area contributed by atoms with Crippen molar-refractivity contribution in [1.82, 2.24) is 14.9 Å². The quantitative estimate of drug-likeness (QED) is 0.848. The smallest absolute Gasteiger partial charge is 0.128 e. The van der Waals surface area contributed by atoms with Gasteiger partial charge in [0.05, 0.1) is 10.6 Å². The van der Waals surface area contributed by atoms with E-state index in [1.54, 1.807) is 11.3 Å². The van der Waals surface area contributed by atoms with Crippen LogP contribution in [0.4, 0.5) is 10.2 Å². The average molecular weight is 344 g/mol. The number of fused-ring (bicyclic) bond motifs is 1. The number of hydrogen-bond donors (Lipinski definition) is 0. The molecule has 2 aliphatic rings. The SMILES string of the molecule is C=C1c2sc(-c3ccc(N4CCCC4)nc3)nc2CCN1CCF. The second-order valence-electron chi connectivity index (χ2n) is 6.27. The van der Waals surface area contributed by atoms with E-state index < -0.39 is 0 Å². The van der Waals surface area contributed by atoms with E-state index in [1.165, 1.54) is 12.8 Å². The Labute approximate surface area is 145 Å². The Bertz CT molecular complexity index is 734. The maximum absolute atomic E-state index is 12.7. The third kappa shape index (κ3) is 2.79. The Kier molecular flexibility index (Phi) is 4.22. The van der Waals surface area contributed by atoms with E-state index in [-0.39, 0.29) is 6.67 Å². The summed E-state index contributed by atoms with van der Waals surface area (Å²) in [4.78, 5) is 14.8. The lowest BCUT2D eigenvalue weighted by Crippen LogP contribution is -2.30. The highest BCUT2D eigenvalue weighted by Gasteiger charge is 2.24. The Morgan fingerprint density at radius 2 is 2.04 bits per heavy atom. The van der Waals surface area contributed by atoms with Gasteiger partial charge in [-0.3, -0.25) is 0 Å². The van der Waals surface area contributed by atoms with Gasteiger partial charge in [0, 0.05) is 50.1 Å². The van der Waals surface area contributed by atoms with Crippen LogP contribution in [-0.2, 0) is 6.42 Å². The van der Waals surface area contributed by atoms with Crippen molar-refractivity contribution in [2.24, 2.45) is 0 Å². The summed E-state index contributed by atoms with van der Waals surface area (Å²) in [6, 6.07) is 4.19. The van der Waals surface area contributed by atoms with Crippen molar-refractivity contribution in [3.05, 3.63) is 35.5 Å². The summed E-state index contributed by atoms with van der Waals surface area (Å²) in [7, 11) is 0. The maximum Gasteiger partial charge on any atom is 0.128 e. The zero-order chi connectivity index (χ0) is 16.5. The molecule has 4 heterocycles. The minimum absolute atomic E-state index is 0.345. The van der Waals surface area contributed by atoms with Gasteiger partial charge in [-0.25, -0.2) is 14.4 Å². The summed E-state index contributed by atoms with van der Waals surface area (Å²) >= 11 is 1.64. The molecule has 4 nitrogen and oxygen atoms in total. The van der Waals surface area contributed by atoms with Gasteiger partial charge in [-0.05, 0) is 25.0 Å². The fourth-order valence-corrected chi connectivity index (χ4v) is 4.48. The van der Waals surface area contributed by atoms with Crippen molar-refractivity contribution in [1.29, 1.82) is 0 Å². The lowest BCUT2D eigenvalue weighted by molar-refractivity contribution is 0.336. The minimum Gasteiger partial charge on any atom is -0.368 e. The van der Waals surface area contributed by atoms with E-state index in [1.807, 2.05) is 11.1 Å². The van der Waals surface area contributed by atoms with Crippen LogP contribution in [-0.4, -0.2) is 47.7 Å². The number of alkyl halides is 1. The molecular weight excluding hydrogens is 323 g/mol. The van der Waals surface area contributed by atoms with E-state index in [0.717, 1.165) is 58.7 Å². The second-order valence-corrected chi connectivity index (χ2v) is 7.27. The van der Waals surface area contributed by atoms with Gasteiger partial charge < -0.3 is 9.80 Å². The summed E-state index contributed by atoms with van der Waals surface area (Å²) in [5, 5.41) is 0.976. The molecule has 6 heteroatoms. The number of thiazole rings is 1. The largest absolute Gasteiger partial charge is 0.368 e. The number of halogens is 1. The summed E-state index contributed by atoms with van der Waals surface area (Å²) in [5.41, 5.74) is 3.03. The molecule has 126 valence electrons. The molecule has 0 unspecified atom stereocenters. The van der Waals surface area contributed by atoms with Crippen molar-refractivity contribution < 1.29 is 4.39 Å². The van der Waals surface area contributed by atoms with Gasteiger partial charge in [0.15, 0.2) is 0 Å². The highest BCUT2D eigenvalue weighted by molar-refractivity contribution is 7.16. The van der Waals surface area contributed by atoms with Gasteiger partial charge >= 0.3 is 0 Å². The van der Waals surface area contributed by atoms with Gasteiger partial charge in [0.25, 0.3) is 0 Å². The number of rotatable bonds is 4. The molecule has 0 radical (unpaired) electrons. The van der Waals surface area contributed by atoms with E-state index in [9.17, 15) is 4.39 Å². The molecule has 2 aromatic rings. The monoisotopic (exact) mass is 344 g/mol. The molecule has 1 fully saturated rings. The van der Waals surface area contributed by atoms with Crippen molar-refractivity contribution in [3.63, 3.8) is 0 Å². The first-order valence-electron chi connectivity index (χ1n) is 8.47. The Balaban J connectivity index is 1.57. The fourth-order valence-electron chi connectivity index (χ4n) is 3.38. The lowest BCUT2D eigenvalue weighted by Gasteiger charge is -2.28. The Morgan fingerprint density at radius 1 is 1.21 bits per heavy atom. The number of pyridine rings is 1. The van der Waals surface area contributed by atoms with Crippen LogP contribution in [0.15, 0.2) is 24.9 Å². The fraction of sp³-hybridized carbons (Fsp3) is 0.444. The third-order valence-electron chi connectivity index (χ3n) is 4.74. The normalized spacial score (nSPS) is 17.5. The lowest BCUT2D eigenvalue weighted by atomic mass is 10.1. The van der Waals surface area contributed by atoms with Crippen molar-refractivity contribution in [3.8, 4) is 10.6 Å². The first-order valence-corrected chi connectivity index (χ1v) is 9.29. The van der Waals surface area contributed by atoms with Crippen LogP contribution < -0.4 is 4.90 Å². The molecule has 2 aromatic heterocycles. The number of hydrogen-bond acceptors (Lipinski definition) is 5. The van der Waals surface area contributed by atoms with E-state index >= 15 is 0 Å². The molecule has 4 rings (SSSR count). The summed E-state index contributed by atoms with van der Waals surface area (Å²) < 4.78 is 12.7. The predicted octanol–water partition coefficient (Wildman–Crippen LogP) is 3.60. The molecular formula is C18H21FN4S. The zero-order valence-corrected chi connectivity index (χ0v) is 14.5. The molecule has 1 saturated heterocycles. The van der Waals surface area contributed by atoms with Crippen LogP contribution in [0.5, 0.6) is 0 Å². The molecule has 0 bridgehead atoms. The first-order chi connectivity index (χ1) is 11.8. The van der Waals surface area contributed by atoms with Crippen molar-refractivity contribution >= 4 is 22.9 Å². The highest BCUT2D eigenvalue weighted by atomic mass is 32.1. The molecule has 0 amide bonds. The first kappa shape index (κ1) is 15.6. The molecule has 0 aliphatic carbocycles. The van der Waals surface area contributed by atoms with Gasteiger partial charge in [0.2, 0.25) is 0 Å². The molecule has 0 saturated carbocycles. The topological polar surface area (TPSA) is 32.3 Å². The molecule has 2 aliphatic heterocycles. The van der Waals surface area contributed by atoms with Crippen LogP contribution in [0.3, 0.4) is 0 Å². The van der Waals surface area contributed by atoms with Gasteiger partial charge in [0.1, 0.15) is 17.5 Å². The second kappa shape index (κ2) is 6.51. The molecule has 0 spiro atoms. The molecule has 0 N–H and O–H groups in total. The van der Waals surface area contributed by atoms with Crippen LogP contribution in [0.2, 0.25) is 0 Å². The third-order valence-corrected chi connectivity index (χ3v) is 5.93. The summed E-state index contributed by atoms with van der Waals surface area (Å²) in [6.07, 6.45) is 5.27. The molecule has 0 atom stereocenters. The summed E-state index contributed by atoms with van der Waals surface area (Å²) in [5.74, 6) is 1.05. The van der Waals surface area contributed by atoms with Crippen LogP contribution >= 0.6 is 11.3 Å². The average Bonchev–Trinajstić information content (AvgIpc) is 3.27. The van der Waals surface area contributed by atoms with E-state index in [2.05, 4.69) is 28.6 Å². The highest BCUT2D eigenvalue weighted by Crippen LogP contribution is 2.36. The van der Waals surface area contributed by atoms with Gasteiger partial charge in [-0.1, -0.05) is 6.58 Å². The van der Waals surface area contributed by atoms with Crippen LogP contribution in [0, 0.1) is 0 Å². The standard InChI is InChI=1S/C18H21FN4S/c1-13-17-15(6-10-22(13)11-7-19)21-18(24-17)14-4-5-16(20-12-14)23-8-2-3-9-23/h4-5,12H,1-3,6-11H2. The number of anilines is 1. The van der Waals surface area contributed by atoms with E-state index in [4.69, 9.17) is 4.98 Å². The van der Waals surface area contributed by atoms with Gasteiger partial charge in [-0.2, -0.15) is 0 Å². The van der Waals surface area contributed by atoms with Crippen LogP contribution in [0.25, 0.3) is 16.3 Å². The number of nitrogens with zero attached hydrogens (tertiary/aromatic N) is 4. The molecule has 0 aromatic carbocycles. The number of aromatic nitrogens is 2. The van der Waals surface area contributed by atoms with Gasteiger partial charge in [-0.15, -0.1) is 11.3 Å². The molecule has 24 heavy (non-hydrogen) atoms. The zero-order valence-electron chi connectivity index (χ0n) is 13.7. The Morgan fingerprint density at radius 3 is 2.75 bits per heavy atom. The van der Waals surface area contributed by atoms with Crippen molar-refractivity contribution in [2.45, 2.75) is 19.3 Å². The van der Waals surface area contributed by atoms with Crippen molar-refractivity contribution in [2.75, 3.05) is 37.8 Å². The Hall–Kier alpha value is -1.95. The summed E-state index contributed by atoms with van der Waals surface area (Å²) in [6.45, 7) is 7.20. The maximum atomic E-state index is 12.7. The minimum atomic E-state index is -0.345. The van der Waals surface area contributed by atoms with Crippen LogP contribution in [0.1, 0.15) is 23.4 Å².